The van der Waals surface area contributed by atoms with Crippen LogP contribution in [0.25, 0.3) is 0 Å². The van der Waals surface area contributed by atoms with Crippen LogP contribution in [0, 0.1) is 5.92 Å². The minimum Gasteiger partial charge on any atom is -0.396 e. The maximum absolute atomic E-state index is 8.95. The standard InChI is InChI=1S/C11H16ClNO/c12-11-5-3-9(4-6-11)1-2-10(7-13)8-14/h3-6,10,14H,1-2,7-8,13H2. The molecule has 0 radical (unpaired) electrons. The Morgan fingerprint density at radius 2 is 1.93 bits per heavy atom. The Kier molecular flexibility index (Phi) is 4.94. The molecule has 1 aromatic carbocycles. The van der Waals surface area contributed by atoms with Crippen molar-refractivity contribution >= 4 is 11.6 Å². The van der Waals surface area contributed by atoms with Crippen molar-refractivity contribution in [1.29, 1.82) is 0 Å². The Morgan fingerprint density at radius 1 is 1.29 bits per heavy atom. The molecule has 0 aliphatic carbocycles. The molecule has 0 aromatic heterocycles. The molecule has 0 heterocycles. The molecule has 0 amide bonds. The zero-order valence-electron chi connectivity index (χ0n) is 8.12. The molecule has 0 bridgehead atoms. The van der Waals surface area contributed by atoms with Gasteiger partial charge < -0.3 is 10.8 Å². The average molecular weight is 214 g/mol. The second kappa shape index (κ2) is 6.02. The van der Waals surface area contributed by atoms with Gasteiger partial charge >= 0.3 is 0 Å². The van der Waals surface area contributed by atoms with Crippen LogP contribution in [-0.4, -0.2) is 18.3 Å². The molecule has 0 aliphatic heterocycles. The molecule has 1 atom stereocenters. The van der Waals surface area contributed by atoms with Crippen molar-refractivity contribution in [2.45, 2.75) is 12.8 Å². The van der Waals surface area contributed by atoms with E-state index in [9.17, 15) is 0 Å². The fourth-order valence-corrected chi connectivity index (χ4v) is 1.43. The number of rotatable bonds is 5. The highest BCUT2D eigenvalue weighted by molar-refractivity contribution is 6.30. The van der Waals surface area contributed by atoms with Gasteiger partial charge in [-0.25, -0.2) is 0 Å². The Morgan fingerprint density at radius 3 is 2.43 bits per heavy atom. The molecule has 3 heteroatoms. The van der Waals surface area contributed by atoms with Gasteiger partial charge in [0.05, 0.1) is 0 Å². The average Bonchev–Trinajstić information content (AvgIpc) is 2.22. The SMILES string of the molecule is NCC(CO)CCc1ccc(Cl)cc1. The summed E-state index contributed by atoms with van der Waals surface area (Å²) in [6.45, 7) is 0.716. The molecule has 1 unspecified atom stereocenters. The molecule has 3 N–H and O–H groups in total. The molecular weight excluding hydrogens is 198 g/mol. The quantitative estimate of drug-likeness (QED) is 0.784. The summed E-state index contributed by atoms with van der Waals surface area (Å²) in [6.07, 6.45) is 1.87. The lowest BCUT2D eigenvalue weighted by molar-refractivity contribution is 0.223. The number of nitrogens with two attached hydrogens (primary N) is 1. The summed E-state index contributed by atoms with van der Waals surface area (Å²) in [5.41, 5.74) is 6.73. The summed E-state index contributed by atoms with van der Waals surface area (Å²) in [5.74, 6) is 0.214. The molecule has 0 spiro atoms. The zero-order valence-corrected chi connectivity index (χ0v) is 8.87. The van der Waals surface area contributed by atoms with Gasteiger partial charge in [0.2, 0.25) is 0 Å². The van der Waals surface area contributed by atoms with Crippen LogP contribution in [0.5, 0.6) is 0 Å². The molecule has 78 valence electrons. The van der Waals surface area contributed by atoms with Gasteiger partial charge in [0, 0.05) is 11.6 Å². The molecule has 14 heavy (non-hydrogen) atoms. The van der Waals surface area contributed by atoms with Gasteiger partial charge in [-0.05, 0) is 43.0 Å². The van der Waals surface area contributed by atoms with Crippen LogP contribution < -0.4 is 5.73 Å². The monoisotopic (exact) mass is 213 g/mol. The first-order valence-electron chi connectivity index (χ1n) is 4.81. The van der Waals surface area contributed by atoms with Crippen LogP contribution in [0.1, 0.15) is 12.0 Å². The molecule has 2 nitrogen and oxygen atoms in total. The number of hydrogen-bond donors (Lipinski definition) is 2. The molecule has 1 rings (SSSR count). The lowest BCUT2D eigenvalue weighted by atomic mass is 10.0. The van der Waals surface area contributed by atoms with E-state index in [0.717, 1.165) is 17.9 Å². The first-order chi connectivity index (χ1) is 6.76. The number of hydrogen-bond acceptors (Lipinski definition) is 2. The Labute approximate surface area is 89.7 Å². The Hall–Kier alpha value is -0.570. The predicted molar refractivity (Wildman–Crippen MR) is 59.4 cm³/mol. The van der Waals surface area contributed by atoms with Crippen molar-refractivity contribution in [3.05, 3.63) is 34.9 Å². The van der Waals surface area contributed by atoms with Crippen molar-refractivity contribution in [3.63, 3.8) is 0 Å². The molecule has 0 fully saturated rings. The molecular formula is C11H16ClNO. The highest BCUT2D eigenvalue weighted by Gasteiger charge is 2.04. The lowest BCUT2D eigenvalue weighted by Crippen LogP contribution is -2.18. The van der Waals surface area contributed by atoms with Crippen molar-refractivity contribution in [2.75, 3.05) is 13.2 Å². The van der Waals surface area contributed by atoms with Gasteiger partial charge in [0.1, 0.15) is 0 Å². The maximum Gasteiger partial charge on any atom is 0.0471 e. The third-order valence-electron chi connectivity index (χ3n) is 2.35. The smallest absolute Gasteiger partial charge is 0.0471 e. The van der Waals surface area contributed by atoms with Crippen LogP contribution >= 0.6 is 11.6 Å². The van der Waals surface area contributed by atoms with Crippen LogP contribution in [0.3, 0.4) is 0 Å². The highest BCUT2D eigenvalue weighted by atomic mass is 35.5. The van der Waals surface area contributed by atoms with Crippen molar-refractivity contribution in [2.24, 2.45) is 11.7 Å². The number of benzene rings is 1. The first-order valence-corrected chi connectivity index (χ1v) is 5.19. The molecule has 0 aliphatic rings. The van der Waals surface area contributed by atoms with Gasteiger partial charge in [0.15, 0.2) is 0 Å². The maximum atomic E-state index is 8.95. The normalized spacial score (nSPS) is 12.8. The van der Waals surface area contributed by atoms with Gasteiger partial charge in [-0.15, -0.1) is 0 Å². The molecule has 0 saturated heterocycles. The summed E-state index contributed by atoms with van der Waals surface area (Å²) in [4.78, 5) is 0. The van der Waals surface area contributed by atoms with Crippen LogP contribution in [0.4, 0.5) is 0 Å². The Bertz CT molecular complexity index is 256. The molecule has 1 aromatic rings. The van der Waals surface area contributed by atoms with Crippen LogP contribution in [0.2, 0.25) is 5.02 Å². The van der Waals surface area contributed by atoms with E-state index in [1.807, 2.05) is 24.3 Å². The van der Waals surface area contributed by atoms with Crippen LogP contribution in [-0.2, 0) is 6.42 Å². The highest BCUT2D eigenvalue weighted by Crippen LogP contribution is 2.13. The third kappa shape index (κ3) is 3.66. The second-order valence-corrected chi connectivity index (χ2v) is 3.89. The van der Waals surface area contributed by atoms with E-state index in [2.05, 4.69) is 0 Å². The minimum atomic E-state index is 0.171. The van der Waals surface area contributed by atoms with Crippen molar-refractivity contribution in [1.82, 2.24) is 0 Å². The topological polar surface area (TPSA) is 46.2 Å². The fourth-order valence-electron chi connectivity index (χ4n) is 1.31. The summed E-state index contributed by atoms with van der Waals surface area (Å²) in [6, 6.07) is 7.78. The third-order valence-corrected chi connectivity index (χ3v) is 2.60. The largest absolute Gasteiger partial charge is 0.396 e. The van der Waals surface area contributed by atoms with Gasteiger partial charge in [-0.1, -0.05) is 23.7 Å². The van der Waals surface area contributed by atoms with Gasteiger partial charge in [0.25, 0.3) is 0 Å². The van der Waals surface area contributed by atoms with E-state index in [1.165, 1.54) is 5.56 Å². The van der Waals surface area contributed by atoms with Gasteiger partial charge in [-0.2, -0.15) is 0 Å². The summed E-state index contributed by atoms with van der Waals surface area (Å²) < 4.78 is 0. The van der Waals surface area contributed by atoms with E-state index < -0.39 is 0 Å². The number of aliphatic hydroxyl groups is 1. The number of aliphatic hydroxyl groups excluding tert-OH is 1. The van der Waals surface area contributed by atoms with Gasteiger partial charge in [-0.3, -0.25) is 0 Å². The van der Waals surface area contributed by atoms with E-state index in [0.29, 0.717) is 6.54 Å². The first kappa shape index (κ1) is 11.5. The van der Waals surface area contributed by atoms with E-state index in [1.54, 1.807) is 0 Å². The second-order valence-electron chi connectivity index (χ2n) is 3.45. The zero-order chi connectivity index (χ0) is 10.4. The number of aryl methyl sites for hydroxylation is 1. The fraction of sp³-hybridized carbons (Fsp3) is 0.455. The summed E-state index contributed by atoms with van der Waals surface area (Å²) in [5, 5.41) is 9.70. The summed E-state index contributed by atoms with van der Waals surface area (Å²) >= 11 is 5.77. The number of halogens is 1. The van der Waals surface area contributed by atoms with E-state index in [4.69, 9.17) is 22.4 Å². The van der Waals surface area contributed by atoms with Crippen LogP contribution in [0.15, 0.2) is 24.3 Å². The predicted octanol–water partition coefficient (Wildman–Crippen LogP) is 1.84. The summed E-state index contributed by atoms with van der Waals surface area (Å²) in [7, 11) is 0. The van der Waals surface area contributed by atoms with E-state index in [-0.39, 0.29) is 12.5 Å². The minimum absolute atomic E-state index is 0.171. The van der Waals surface area contributed by atoms with E-state index >= 15 is 0 Å². The Balaban J connectivity index is 2.41. The van der Waals surface area contributed by atoms with Crippen molar-refractivity contribution in [3.8, 4) is 0 Å². The molecule has 0 saturated carbocycles. The van der Waals surface area contributed by atoms with Crippen molar-refractivity contribution < 1.29 is 5.11 Å². The lowest BCUT2D eigenvalue weighted by Gasteiger charge is -2.10.